The number of fused-ring (bicyclic) bond motifs is 1. The van der Waals surface area contributed by atoms with Gasteiger partial charge in [-0.15, -0.1) is 0 Å². The summed E-state index contributed by atoms with van der Waals surface area (Å²) in [5.41, 5.74) is 1.21. The van der Waals surface area contributed by atoms with E-state index in [1.54, 1.807) is 0 Å². The number of aryl methyl sites for hydroxylation is 1. The molecule has 1 aromatic carbocycles. The number of benzene rings is 1. The van der Waals surface area contributed by atoms with E-state index in [9.17, 15) is 15.0 Å². The van der Waals surface area contributed by atoms with E-state index in [1.165, 1.54) is 5.56 Å². The van der Waals surface area contributed by atoms with Gasteiger partial charge in [-0.2, -0.15) is 0 Å². The van der Waals surface area contributed by atoms with Crippen LogP contribution in [-0.4, -0.2) is 35.0 Å². The number of aliphatic hydroxyl groups excluding tert-OH is 2. The maximum absolute atomic E-state index is 11.8. The molecule has 0 bridgehead atoms. The number of hydrogen-bond donors (Lipinski definition) is 2. The van der Waals surface area contributed by atoms with Crippen LogP contribution in [0.4, 0.5) is 0 Å². The predicted octanol–water partition coefficient (Wildman–Crippen LogP) is 3.82. The maximum atomic E-state index is 11.8. The van der Waals surface area contributed by atoms with Gasteiger partial charge in [-0.25, -0.2) is 0 Å². The number of rotatable bonds is 5. The van der Waals surface area contributed by atoms with Crippen LogP contribution in [-0.2, 0) is 16.0 Å². The first-order chi connectivity index (χ1) is 13.6. The summed E-state index contributed by atoms with van der Waals surface area (Å²) < 4.78 is 5.45. The third kappa shape index (κ3) is 6.05. The Hall–Kier alpha value is -1.91. The molecule has 1 fully saturated rings. The Morgan fingerprint density at radius 2 is 2.04 bits per heavy atom. The molecule has 1 aromatic rings. The number of carbonyl (C=O) groups excluding carboxylic acids is 1. The summed E-state index contributed by atoms with van der Waals surface area (Å²) in [5, 5.41) is 20.9. The van der Waals surface area contributed by atoms with E-state index in [0.29, 0.717) is 25.9 Å². The van der Waals surface area contributed by atoms with Crippen LogP contribution in [0.5, 0.6) is 0 Å². The van der Waals surface area contributed by atoms with Crippen molar-refractivity contribution in [3.05, 3.63) is 60.2 Å². The van der Waals surface area contributed by atoms with E-state index in [2.05, 4.69) is 24.3 Å². The van der Waals surface area contributed by atoms with Crippen molar-refractivity contribution < 1.29 is 19.7 Å². The highest BCUT2D eigenvalue weighted by molar-refractivity contribution is 5.69. The number of allylic oxidation sites excluding steroid dienone is 2. The molecule has 5 atom stereocenters. The van der Waals surface area contributed by atoms with Gasteiger partial charge in [0.2, 0.25) is 0 Å². The van der Waals surface area contributed by atoms with Gasteiger partial charge in [-0.1, -0.05) is 54.6 Å². The van der Waals surface area contributed by atoms with Crippen LogP contribution in [0.15, 0.2) is 54.6 Å². The SMILES string of the molecule is O=C1CCC/C=C\C[C@H]2[C@@H](CO1)C[C@@H](O)[C@@H]2/C=C/[C@@H](O)CCc1ccccc1. The fraction of sp³-hybridized carbons (Fsp3) is 0.542. The Kier molecular flexibility index (Phi) is 7.87. The van der Waals surface area contributed by atoms with Crippen LogP contribution < -0.4 is 0 Å². The number of hydrogen-bond acceptors (Lipinski definition) is 4. The molecule has 1 heterocycles. The Bertz CT molecular complexity index is 666. The molecule has 3 rings (SSSR count). The van der Waals surface area contributed by atoms with Gasteiger partial charge in [-0.05, 0) is 55.9 Å². The van der Waals surface area contributed by atoms with Gasteiger partial charge in [0.15, 0.2) is 0 Å². The summed E-state index contributed by atoms with van der Waals surface area (Å²) >= 11 is 0. The molecule has 0 saturated heterocycles. The molecule has 2 aliphatic rings. The zero-order valence-corrected chi connectivity index (χ0v) is 16.5. The van der Waals surface area contributed by atoms with Crippen molar-refractivity contribution in [3.63, 3.8) is 0 Å². The molecule has 152 valence electrons. The maximum Gasteiger partial charge on any atom is 0.305 e. The fourth-order valence-corrected chi connectivity index (χ4v) is 4.37. The van der Waals surface area contributed by atoms with Crippen LogP contribution in [0.25, 0.3) is 0 Å². The van der Waals surface area contributed by atoms with Gasteiger partial charge in [-0.3, -0.25) is 4.79 Å². The largest absolute Gasteiger partial charge is 0.465 e. The molecule has 1 aliphatic carbocycles. The van der Waals surface area contributed by atoms with E-state index in [1.807, 2.05) is 30.4 Å². The fourth-order valence-electron chi connectivity index (χ4n) is 4.37. The van der Waals surface area contributed by atoms with Crippen LogP contribution in [0.2, 0.25) is 0 Å². The number of aliphatic hydroxyl groups is 2. The van der Waals surface area contributed by atoms with Crippen molar-refractivity contribution in [1.82, 2.24) is 0 Å². The molecule has 1 aliphatic heterocycles. The van der Waals surface area contributed by atoms with E-state index < -0.39 is 12.2 Å². The van der Waals surface area contributed by atoms with Crippen molar-refractivity contribution in [2.24, 2.45) is 17.8 Å². The summed E-state index contributed by atoms with van der Waals surface area (Å²) in [5.74, 6) is 0.242. The molecular formula is C24H32O4. The second-order valence-corrected chi connectivity index (χ2v) is 8.06. The van der Waals surface area contributed by atoms with E-state index in [4.69, 9.17) is 4.74 Å². The molecule has 4 heteroatoms. The van der Waals surface area contributed by atoms with E-state index in [0.717, 1.165) is 25.7 Å². The summed E-state index contributed by atoms with van der Waals surface area (Å²) in [4.78, 5) is 11.8. The summed E-state index contributed by atoms with van der Waals surface area (Å²) in [6, 6.07) is 10.1. The molecule has 28 heavy (non-hydrogen) atoms. The van der Waals surface area contributed by atoms with Crippen molar-refractivity contribution in [2.45, 2.75) is 57.2 Å². The lowest BCUT2D eigenvalue weighted by Gasteiger charge is -2.22. The third-order valence-electron chi connectivity index (χ3n) is 6.00. The Labute approximate surface area is 167 Å². The molecule has 1 saturated carbocycles. The number of carbonyl (C=O) groups is 1. The average Bonchev–Trinajstić information content (AvgIpc) is 2.98. The summed E-state index contributed by atoms with van der Waals surface area (Å²) in [7, 11) is 0. The molecule has 0 aromatic heterocycles. The third-order valence-corrected chi connectivity index (χ3v) is 6.00. The minimum atomic E-state index is -0.525. The quantitative estimate of drug-likeness (QED) is 0.598. The van der Waals surface area contributed by atoms with Gasteiger partial charge >= 0.3 is 5.97 Å². The van der Waals surface area contributed by atoms with Gasteiger partial charge in [0.1, 0.15) is 0 Å². The number of cyclic esters (lactones) is 1. The van der Waals surface area contributed by atoms with Crippen LogP contribution in [0.1, 0.15) is 44.1 Å². The van der Waals surface area contributed by atoms with Gasteiger partial charge in [0, 0.05) is 12.3 Å². The van der Waals surface area contributed by atoms with Crippen molar-refractivity contribution >= 4 is 5.97 Å². The highest BCUT2D eigenvalue weighted by atomic mass is 16.5. The van der Waals surface area contributed by atoms with Crippen molar-refractivity contribution in [2.75, 3.05) is 6.61 Å². The first-order valence-corrected chi connectivity index (χ1v) is 10.5. The Morgan fingerprint density at radius 3 is 2.86 bits per heavy atom. The lowest BCUT2D eigenvalue weighted by molar-refractivity contribution is -0.145. The number of esters is 1. The van der Waals surface area contributed by atoms with Crippen molar-refractivity contribution in [3.8, 4) is 0 Å². The van der Waals surface area contributed by atoms with Crippen molar-refractivity contribution in [1.29, 1.82) is 0 Å². The lowest BCUT2D eigenvalue weighted by atomic mass is 9.85. The zero-order chi connectivity index (χ0) is 19.8. The lowest BCUT2D eigenvalue weighted by Crippen LogP contribution is -2.21. The molecule has 0 spiro atoms. The Balaban J connectivity index is 1.60. The average molecular weight is 385 g/mol. The zero-order valence-electron chi connectivity index (χ0n) is 16.5. The minimum Gasteiger partial charge on any atom is -0.465 e. The Morgan fingerprint density at radius 1 is 1.21 bits per heavy atom. The summed E-state index contributed by atoms with van der Waals surface area (Å²) in [6.07, 6.45) is 12.3. The smallest absolute Gasteiger partial charge is 0.305 e. The first-order valence-electron chi connectivity index (χ1n) is 10.5. The van der Waals surface area contributed by atoms with Gasteiger partial charge < -0.3 is 14.9 Å². The summed E-state index contributed by atoms with van der Waals surface area (Å²) in [6.45, 7) is 0.384. The van der Waals surface area contributed by atoms with Crippen LogP contribution in [0, 0.1) is 17.8 Å². The second kappa shape index (κ2) is 10.6. The normalized spacial score (nSPS) is 31.0. The molecule has 2 N–H and O–H groups in total. The molecular weight excluding hydrogens is 352 g/mol. The second-order valence-electron chi connectivity index (χ2n) is 8.06. The minimum absolute atomic E-state index is 0.0134. The van der Waals surface area contributed by atoms with Gasteiger partial charge in [0.25, 0.3) is 0 Å². The highest BCUT2D eigenvalue weighted by Crippen LogP contribution is 2.41. The standard InChI is InChI=1S/C24H32O4/c25-20(13-12-18-8-4-3-5-9-18)14-15-22-21-10-6-1-2-7-11-24(27)28-17-19(21)16-23(22)26/h1,3-6,8-9,14-15,19-23,25-26H,2,7,10-13,16-17H2/b6-1-,15-14+/t19-,20+,21+,22-,23-/m1/s1. The molecule has 4 nitrogen and oxygen atoms in total. The van der Waals surface area contributed by atoms with E-state index >= 15 is 0 Å². The van der Waals surface area contributed by atoms with Crippen LogP contribution in [0.3, 0.4) is 0 Å². The topological polar surface area (TPSA) is 66.8 Å². The molecule has 0 unspecified atom stereocenters. The first kappa shape index (κ1) is 20.8. The monoisotopic (exact) mass is 384 g/mol. The molecule has 0 amide bonds. The number of ether oxygens (including phenoxy) is 1. The predicted molar refractivity (Wildman–Crippen MR) is 110 cm³/mol. The molecule has 0 radical (unpaired) electrons. The van der Waals surface area contributed by atoms with Crippen LogP contribution >= 0.6 is 0 Å². The van der Waals surface area contributed by atoms with Gasteiger partial charge in [0.05, 0.1) is 18.8 Å². The van der Waals surface area contributed by atoms with E-state index in [-0.39, 0.29) is 23.7 Å². The highest BCUT2D eigenvalue weighted by Gasteiger charge is 2.41.